The Hall–Kier alpha value is -2.82. The number of benzene rings is 2. The Balaban J connectivity index is 1.56. The largest absolute Gasteiger partial charge is 0.472 e. The second-order valence-electron chi connectivity index (χ2n) is 6.63. The maximum atomic E-state index is 10.6. The number of furan rings is 1. The van der Waals surface area contributed by atoms with E-state index in [0.29, 0.717) is 11.3 Å². The van der Waals surface area contributed by atoms with E-state index in [9.17, 15) is 5.11 Å². The Labute approximate surface area is 151 Å². The van der Waals surface area contributed by atoms with Crippen molar-refractivity contribution in [3.8, 4) is 0 Å². The van der Waals surface area contributed by atoms with Crippen molar-refractivity contribution in [2.45, 2.75) is 18.0 Å². The SMILES string of the molecule is OC(C1=CC2C(O1)OC2(c1ccccc1)c1ccccc1)c1ccoc1. The molecule has 3 heterocycles. The number of aliphatic hydroxyl groups is 1. The van der Waals surface area contributed by atoms with E-state index < -0.39 is 18.0 Å². The average molecular weight is 346 g/mol. The highest BCUT2D eigenvalue weighted by Crippen LogP contribution is 2.57. The number of hydrogen-bond donors (Lipinski definition) is 1. The molecule has 3 aromatic rings. The van der Waals surface area contributed by atoms with Gasteiger partial charge < -0.3 is 19.0 Å². The molecule has 26 heavy (non-hydrogen) atoms. The van der Waals surface area contributed by atoms with Crippen molar-refractivity contribution in [2.24, 2.45) is 5.92 Å². The molecule has 1 saturated heterocycles. The zero-order valence-corrected chi connectivity index (χ0v) is 14.0. The standard InChI is InChI=1S/C22H18O4/c23-20(15-11-12-24-14-15)19-13-18-21(25-19)26-22(18,16-7-3-1-4-8-16)17-9-5-2-6-10-17/h1-14,18,20-21,23H. The van der Waals surface area contributed by atoms with E-state index in [4.69, 9.17) is 13.9 Å². The summed E-state index contributed by atoms with van der Waals surface area (Å²) in [5.74, 6) is 0.499. The molecule has 3 unspecified atom stereocenters. The van der Waals surface area contributed by atoms with Crippen LogP contribution in [0.2, 0.25) is 0 Å². The molecular formula is C22H18O4. The summed E-state index contributed by atoms with van der Waals surface area (Å²) in [5, 5.41) is 10.6. The van der Waals surface area contributed by atoms with Gasteiger partial charge in [-0.15, -0.1) is 0 Å². The van der Waals surface area contributed by atoms with Crippen molar-refractivity contribution in [2.75, 3.05) is 0 Å². The van der Waals surface area contributed by atoms with Gasteiger partial charge in [0.05, 0.1) is 18.4 Å². The highest BCUT2D eigenvalue weighted by Gasteiger charge is 2.61. The highest BCUT2D eigenvalue weighted by molar-refractivity contribution is 5.43. The van der Waals surface area contributed by atoms with E-state index in [1.165, 1.54) is 12.5 Å². The van der Waals surface area contributed by atoms with Gasteiger partial charge in [0.2, 0.25) is 6.29 Å². The molecule has 4 heteroatoms. The molecule has 0 radical (unpaired) electrons. The van der Waals surface area contributed by atoms with Gasteiger partial charge >= 0.3 is 0 Å². The number of fused-ring (bicyclic) bond motifs is 1. The van der Waals surface area contributed by atoms with Crippen molar-refractivity contribution in [3.05, 3.63) is 108 Å². The molecule has 0 aliphatic carbocycles. The normalized spacial score (nSPS) is 24.1. The van der Waals surface area contributed by atoms with E-state index in [0.717, 1.165) is 11.1 Å². The first-order valence-corrected chi connectivity index (χ1v) is 8.66. The maximum Gasteiger partial charge on any atom is 0.210 e. The molecule has 3 atom stereocenters. The van der Waals surface area contributed by atoms with Crippen LogP contribution in [0.4, 0.5) is 0 Å². The lowest BCUT2D eigenvalue weighted by atomic mass is 9.71. The first-order valence-electron chi connectivity index (χ1n) is 8.66. The van der Waals surface area contributed by atoms with Gasteiger partial charge in [-0.25, -0.2) is 0 Å². The van der Waals surface area contributed by atoms with Crippen LogP contribution in [0.25, 0.3) is 0 Å². The summed E-state index contributed by atoms with van der Waals surface area (Å²) >= 11 is 0. The third-order valence-electron chi connectivity index (χ3n) is 5.19. The lowest BCUT2D eigenvalue weighted by Crippen LogP contribution is -2.56. The van der Waals surface area contributed by atoms with E-state index >= 15 is 0 Å². The van der Waals surface area contributed by atoms with Crippen LogP contribution < -0.4 is 0 Å². The second kappa shape index (κ2) is 5.87. The molecule has 0 amide bonds. The van der Waals surface area contributed by atoms with Crippen LogP contribution in [-0.4, -0.2) is 11.4 Å². The predicted octanol–water partition coefficient (Wildman–Crippen LogP) is 4.14. The molecule has 0 saturated carbocycles. The number of aliphatic hydroxyl groups excluding tert-OH is 1. The Kier molecular flexibility index (Phi) is 3.48. The quantitative estimate of drug-likeness (QED) is 0.771. The van der Waals surface area contributed by atoms with Crippen molar-refractivity contribution >= 4 is 0 Å². The fourth-order valence-electron chi connectivity index (χ4n) is 3.91. The fraction of sp³-hybridized carbons (Fsp3) is 0.182. The molecule has 2 aromatic carbocycles. The van der Waals surface area contributed by atoms with Crippen molar-refractivity contribution in [1.82, 2.24) is 0 Å². The van der Waals surface area contributed by atoms with Crippen LogP contribution in [0.5, 0.6) is 0 Å². The van der Waals surface area contributed by atoms with Gasteiger partial charge in [0.15, 0.2) is 0 Å². The molecule has 2 aliphatic heterocycles. The third kappa shape index (κ3) is 2.16. The summed E-state index contributed by atoms with van der Waals surface area (Å²) in [6.07, 6.45) is 3.81. The fourth-order valence-corrected chi connectivity index (χ4v) is 3.91. The molecule has 1 fully saturated rings. The predicted molar refractivity (Wildman–Crippen MR) is 94.9 cm³/mol. The van der Waals surface area contributed by atoms with Crippen molar-refractivity contribution in [3.63, 3.8) is 0 Å². The van der Waals surface area contributed by atoms with Gasteiger partial charge in [-0.3, -0.25) is 0 Å². The second-order valence-corrected chi connectivity index (χ2v) is 6.63. The van der Waals surface area contributed by atoms with Crippen molar-refractivity contribution < 1.29 is 19.0 Å². The van der Waals surface area contributed by atoms with Gasteiger partial charge in [-0.05, 0) is 23.3 Å². The topological polar surface area (TPSA) is 51.8 Å². The minimum absolute atomic E-state index is 0.0103. The summed E-state index contributed by atoms with van der Waals surface area (Å²) in [7, 11) is 0. The zero-order chi connectivity index (χ0) is 17.6. The van der Waals surface area contributed by atoms with Crippen LogP contribution in [0.15, 0.2) is 95.5 Å². The zero-order valence-electron chi connectivity index (χ0n) is 14.0. The summed E-state index contributed by atoms with van der Waals surface area (Å²) in [5.41, 5.74) is 2.21. The highest BCUT2D eigenvalue weighted by atomic mass is 16.7. The molecule has 4 nitrogen and oxygen atoms in total. The monoisotopic (exact) mass is 346 g/mol. The Morgan fingerprint density at radius 2 is 1.54 bits per heavy atom. The summed E-state index contributed by atoms with van der Waals surface area (Å²) < 4.78 is 17.3. The summed E-state index contributed by atoms with van der Waals surface area (Å²) in [6.45, 7) is 0. The van der Waals surface area contributed by atoms with Crippen molar-refractivity contribution in [1.29, 1.82) is 0 Å². The summed E-state index contributed by atoms with van der Waals surface area (Å²) in [6, 6.07) is 22.1. The van der Waals surface area contributed by atoms with Gasteiger partial charge in [0, 0.05) is 5.56 Å². The minimum Gasteiger partial charge on any atom is -0.472 e. The molecule has 130 valence electrons. The van der Waals surface area contributed by atoms with Crippen LogP contribution >= 0.6 is 0 Å². The van der Waals surface area contributed by atoms with Gasteiger partial charge in [0.25, 0.3) is 0 Å². The Morgan fingerprint density at radius 3 is 2.12 bits per heavy atom. The van der Waals surface area contributed by atoms with Crippen LogP contribution in [0, 0.1) is 5.92 Å². The van der Waals surface area contributed by atoms with Crippen LogP contribution in [0.1, 0.15) is 22.8 Å². The third-order valence-corrected chi connectivity index (χ3v) is 5.19. The van der Waals surface area contributed by atoms with E-state index in [-0.39, 0.29) is 5.92 Å². The minimum atomic E-state index is -0.854. The molecule has 2 aliphatic rings. The van der Waals surface area contributed by atoms with E-state index in [2.05, 4.69) is 24.3 Å². The first kappa shape index (κ1) is 15.4. The molecule has 0 spiro atoms. The van der Waals surface area contributed by atoms with Gasteiger partial charge in [-0.2, -0.15) is 0 Å². The van der Waals surface area contributed by atoms with Crippen LogP contribution in [-0.2, 0) is 15.1 Å². The van der Waals surface area contributed by atoms with Gasteiger partial charge in [-0.1, -0.05) is 60.7 Å². The number of ether oxygens (including phenoxy) is 2. The molecule has 1 N–H and O–H groups in total. The number of hydrogen-bond acceptors (Lipinski definition) is 4. The lowest BCUT2D eigenvalue weighted by molar-refractivity contribution is -0.307. The lowest BCUT2D eigenvalue weighted by Gasteiger charge is -2.51. The Bertz CT molecular complexity index is 876. The molecule has 1 aromatic heterocycles. The smallest absolute Gasteiger partial charge is 0.210 e. The summed E-state index contributed by atoms with van der Waals surface area (Å²) in [4.78, 5) is 0. The van der Waals surface area contributed by atoms with E-state index in [1.54, 1.807) is 6.07 Å². The molecule has 0 bridgehead atoms. The van der Waals surface area contributed by atoms with Crippen LogP contribution in [0.3, 0.4) is 0 Å². The molecule has 5 rings (SSSR count). The molecular weight excluding hydrogens is 328 g/mol. The maximum absolute atomic E-state index is 10.6. The van der Waals surface area contributed by atoms with E-state index in [1.807, 2.05) is 42.5 Å². The Morgan fingerprint density at radius 1 is 0.885 bits per heavy atom. The number of rotatable bonds is 4. The first-order chi connectivity index (χ1) is 12.8. The average Bonchev–Trinajstić information content (AvgIpc) is 3.33. The van der Waals surface area contributed by atoms with Gasteiger partial charge in [0.1, 0.15) is 17.5 Å².